The molecule has 1 spiro atoms. The Hall–Kier alpha value is -2.23. The van der Waals surface area contributed by atoms with Gasteiger partial charge in [-0.1, -0.05) is 36.9 Å². The fourth-order valence-corrected chi connectivity index (χ4v) is 4.41. The average molecular weight is 385 g/mol. The number of alkyl halides is 1. The summed E-state index contributed by atoms with van der Waals surface area (Å²) in [6.45, 7) is 7.85. The summed E-state index contributed by atoms with van der Waals surface area (Å²) in [5.41, 5.74) is 0.723. The van der Waals surface area contributed by atoms with Gasteiger partial charge >= 0.3 is 0 Å². The molecule has 4 heteroatoms. The number of nitrogens with zero attached hydrogens (tertiary/aromatic N) is 1. The van der Waals surface area contributed by atoms with Gasteiger partial charge in [0.05, 0.1) is 0 Å². The third kappa shape index (κ3) is 3.57. The molecule has 148 valence electrons. The Morgan fingerprint density at radius 1 is 1.18 bits per heavy atom. The fourth-order valence-electron chi connectivity index (χ4n) is 4.41. The summed E-state index contributed by atoms with van der Waals surface area (Å²) >= 11 is 0. The van der Waals surface area contributed by atoms with Crippen LogP contribution in [-0.4, -0.2) is 23.2 Å². The Kier molecular flexibility index (Phi) is 4.56. The van der Waals surface area contributed by atoms with Gasteiger partial charge in [-0.25, -0.2) is 13.2 Å². The molecule has 4 rings (SSSR count). The number of allylic oxidation sites excluding steroid dienone is 1. The molecule has 0 aromatic heterocycles. The quantitative estimate of drug-likeness (QED) is 0.585. The van der Waals surface area contributed by atoms with Crippen LogP contribution >= 0.6 is 0 Å². The second-order valence-corrected chi connectivity index (χ2v) is 8.90. The molecule has 1 saturated carbocycles. The average Bonchev–Trinajstić information content (AvgIpc) is 3.28. The molecule has 2 aliphatic rings. The summed E-state index contributed by atoms with van der Waals surface area (Å²) in [6, 6.07) is 11.3. The third-order valence-corrected chi connectivity index (χ3v) is 6.28. The highest BCUT2D eigenvalue weighted by atomic mass is 19.1. The molecule has 1 aliphatic carbocycles. The summed E-state index contributed by atoms with van der Waals surface area (Å²) in [6.07, 6.45) is 3.72. The SMILES string of the molecule is C=C(N1CC2(CC2)C[C@@H]1Cc1cccc(-c2cccc(F)c2)c1F)C(C)(C)F. The van der Waals surface area contributed by atoms with Crippen molar-refractivity contribution in [2.75, 3.05) is 6.54 Å². The molecule has 1 heterocycles. The molecule has 2 aromatic rings. The summed E-state index contributed by atoms with van der Waals surface area (Å²) in [5.74, 6) is -0.712. The van der Waals surface area contributed by atoms with Gasteiger partial charge in [0.25, 0.3) is 0 Å². The van der Waals surface area contributed by atoms with E-state index in [4.69, 9.17) is 0 Å². The molecular weight excluding hydrogens is 359 g/mol. The van der Waals surface area contributed by atoms with E-state index >= 15 is 4.39 Å². The highest BCUT2D eigenvalue weighted by Gasteiger charge is 2.53. The molecule has 2 fully saturated rings. The van der Waals surface area contributed by atoms with Crippen LogP contribution in [0.3, 0.4) is 0 Å². The second-order valence-electron chi connectivity index (χ2n) is 8.90. The summed E-state index contributed by atoms with van der Waals surface area (Å²) in [5, 5.41) is 0. The van der Waals surface area contributed by atoms with E-state index < -0.39 is 5.67 Å². The Morgan fingerprint density at radius 3 is 2.54 bits per heavy atom. The topological polar surface area (TPSA) is 3.24 Å². The van der Waals surface area contributed by atoms with E-state index in [-0.39, 0.29) is 23.1 Å². The van der Waals surface area contributed by atoms with Gasteiger partial charge in [0.15, 0.2) is 0 Å². The fraction of sp³-hybridized carbons (Fsp3) is 0.417. The first kappa shape index (κ1) is 19.1. The minimum atomic E-state index is -1.50. The van der Waals surface area contributed by atoms with Crippen LogP contribution < -0.4 is 0 Å². The minimum Gasteiger partial charge on any atom is -0.369 e. The van der Waals surface area contributed by atoms with Gasteiger partial charge in [0.1, 0.15) is 17.3 Å². The van der Waals surface area contributed by atoms with Crippen molar-refractivity contribution in [3.8, 4) is 11.1 Å². The number of likely N-dealkylation sites (tertiary alicyclic amines) is 1. The third-order valence-electron chi connectivity index (χ3n) is 6.28. The van der Waals surface area contributed by atoms with Gasteiger partial charge in [-0.05, 0) is 68.2 Å². The maximum atomic E-state index is 15.3. The molecule has 1 saturated heterocycles. The molecule has 1 atom stereocenters. The first-order valence-electron chi connectivity index (χ1n) is 9.87. The van der Waals surface area contributed by atoms with Crippen molar-refractivity contribution in [1.29, 1.82) is 0 Å². The molecular formula is C24H26F3N. The van der Waals surface area contributed by atoms with Crippen LogP contribution in [0.15, 0.2) is 54.7 Å². The standard InChI is InChI=1S/C24H26F3N/c1-16(23(2,3)27)28-15-24(10-11-24)14-20(28)13-18-7-5-9-21(22(18)26)17-6-4-8-19(25)12-17/h4-9,12,20H,1,10-11,13-15H2,2-3H3/t20-/m0/s1. The highest BCUT2D eigenvalue weighted by Crippen LogP contribution is 2.56. The first-order valence-corrected chi connectivity index (χ1v) is 9.87. The van der Waals surface area contributed by atoms with Gasteiger partial charge in [-0.15, -0.1) is 0 Å². The highest BCUT2D eigenvalue weighted by molar-refractivity contribution is 5.65. The molecule has 1 aliphatic heterocycles. The van der Waals surface area contributed by atoms with Crippen molar-refractivity contribution in [3.63, 3.8) is 0 Å². The second kappa shape index (κ2) is 6.68. The van der Waals surface area contributed by atoms with Crippen LogP contribution in [0, 0.1) is 17.0 Å². The van der Waals surface area contributed by atoms with Crippen molar-refractivity contribution in [3.05, 3.63) is 71.9 Å². The molecule has 0 N–H and O–H groups in total. The van der Waals surface area contributed by atoms with Gasteiger partial charge in [0.2, 0.25) is 0 Å². The van der Waals surface area contributed by atoms with Crippen molar-refractivity contribution < 1.29 is 13.2 Å². The van der Waals surface area contributed by atoms with Gasteiger partial charge in [-0.2, -0.15) is 0 Å². The van der Waals surface area contributed by atoms with E-state index in [2.05, 4.69) is 11.5 Å². The Morgan fingerprint density at radius 2 is 1.89 bits per heavy atom. The predicted octanol–water partition coefficient (Wildman–Crippen LogP) is 6.29. The first-order chi connectivity index (χ1) is 13.2. The van der Waals surface area contributed by atoms with Crippen molar-refractivity contribution in [2.45, 2.75) is 51.2 Å². The molecule has 0 radical (unpaired) electrons. The number of halogens is 3. The van der Waals surface area contributed by atoms with Crippen LogP contribution in [0.1, 0.15) is 38.7 Å². The number of benzene rings is 2. The summed E-state index contributed by atoms with van der Waals surface area (Å²) in [4.78, 5) is 2.06. The van der Waals surface area contributed by atoms with E-state index in [0.29, 0.717) is 28.8 Å². The largest absolute Gasteiger partial charge is 0.369 e. The lowest BCUT2D eigenvalue weighted by atomic mass is 9.94. The van der Waals surface area contributed by atoms with Crippen molar-refractivity contribution in [1.82, 2.24) is 4.90 Å². The zero-order chi connectivity index (χ0) is 20.1. The molecule has 28 heavy (non-hydrogen) atoms. The van der Waals surface area contributed by atoms with Crippen LogP contribution in [0.2, 0.25) is 0 Å². The molecule has 0 amide bonds. The Labute approximate surface area is 164 Å². The van der Waals surface area contributed by atoms with Gasteiger partial charge in [-0.3, -0.25) is 0 Å². The maximum Gasteiger partial charge on any atom is 0.144 e. The van der Waals surface area contributed by atoms with Gasteiger partial charge in [0, 0.05) is 23.8 Å². The van der Waals surface area contributed by atoms with Crippen LogP contribution in [-0.2, 0) is 6.42 Å². The molecule has 2 aromatic carbocycles. The van der Waals surface area contributed by atoms with Crippen molar-refractivity contribution in [2.24, 2.45) is 5.41 Å². The summed E-state index contributed by atoms with van der Waals surface area (Å²) < 4.78 is 43.4. The Bertz CT molecular complexity index is 908. The lowest BCUT2D eigenvalue weighted by Gasteiger charge is -2.33. The maximum absolute atomic E-state index is 15.3. The molecule has 0 unspecified atom stereocenters. The molecule has 1 nitrogen and oxygen atoms in total. The van der Waals surface area contributed by atoms with Gasteiger partial charge < -0.3 is 4.90 Å². The smallest absolute Gasteiger partial charge is 0.144 e. The van der Waals surface area contributed by atoms with Crippen LogP contribution in [0.5, 0.6) is 0 Å². The van der Waals surface area contributed by atoms with E-state index in [1.807, 2.05) is 0 Å². The zero-order valence-corrected chi connectivity index (χ0v) is 16.4. The Balaban J connectivity index is 1.63. The number of rotatable bonds is 5. The molecule has 0 bridgehead atoms. The van der Waals surface area contributed by atoms with E-state index in [0.717, 1.165) is 25.8 Å². The zero-order valence-electron chi connectivity index (χ0n) is 16.4. The van der Waals surface area contributed by atoms with E-state index in [1.165, 1.54) is 26.0 Å². The van der Waals surface area contributed by atoms with E-state index in [9.17, 15) is 8.78 Å². The predicted molar refractivity (Wildman–Crippen MR) is 107 cm³/mol. The summed E-state index contributed by atoms with van der Waals surface area (Å²) in [7, 11) is 0. The lowest BCUT2D eigenvalue weighted by molar-refractivity contribution is 0.178. The van der Waals surface area contributed by atoms with Crippen LogP contribution in [0.4, 0.5) is 13.2 Å². The number of hydrogen-bond donors (Lipinski definition) is 0. The van der Waals surface area contributed by atoms with Crippen LogP contribution in [0.25, 0.3) is 11.1 Å². The van der Waals surface area contributed by atoms with Crippen molar-refractivity contribution >= 4 is 0 Å². The van der Waals surface area contributed by atoms with E-state index in [1.54, 1.807) is 30.3 Å². The lowest BCUT2D eigenvalue weighted by Crippen LogP contribution is -2.37. The normalized spacial score (nSPS) is 20.6. The monoisotopic (exact) mass is 385 g/mol. The number of hydrogen-bond acceptors (Lipinski definition) is 1. The minimum absolute atomic E-state index is 0.0299.